The van der Waals surface area contributed by atoms with Crippen LogP contribution in [0.3, 0.4) is 0 Å². The van der Waals surface area contributed by atoms with Crippen molar-refractivity contribution in [2.24, 2.45) is 5.41 Å². The molecule has 0 aliphatic carbocycles. The number of aliphatic hydroxyl groups is 1. The highest BCUT2D eigenvalue weighted by Crippen LogP contribution is 2.28. The van der Waals surface area contributed by atoms with E-state index in [0.29, 0.717) is 0 Å². The molecule has 18 heavy (non-hydrogen) atoms. The summed E-state index contributed by atoms with van der Waals surface area (Å²) in [5, 5.41) is 10.5. The zero-order chi connectivity index (χ0) is 14.0. The van der Waals surface area contributed by atoms with Gasteiger partial charge in [-0.3, -0.25) is 0 Å². The van der Waals surface area contributed by atoms with Crippen LogP contribution in [0.15, 0.2) is 18.2 Å². The minimum Gasteiger partial charge on any atom is -0.390 e. The summed E-state index contributed by atoms with van der Waals surface area (Å²) in [4.78, 5) is 0. The molecule has 1 rings (SSSR count). The van der Waals surface area contributed by atoms with Crippen molar-refractivity contribution in [3.63, 3.8) is 0 Å². The monoisotopic (exact) mass is 248 g/mol. The number of rotatable bonds is 4. The smallest absolute Gasteiger partial charge is 0.0660 e. The molecule has 1 N–H and O–H groups in total. The van der Waals surface area contributed by atoms with Crippen LogP contribution in [0.4, 0.5) is 0 Å². The Morgan fingerprint density at radius 3 is 2.17 bits per heavy atom. The average molecular weight is 248 g/mol. The van der Waals surface area contributed by atoms with Crippen LogP contribution < -0.4 is 0 Å². The molecule has 0 saturated carbocycles. The fourth-order valence-corrected chi connectivity index (χ4v) is 2.13. The third kappa shape index (κ3) is 5.22. The Kier molecular flexibility index (Phi) is 4.61. The van der Waals surface area contributed by atoms with E-state index in [0.717, 1.165) is 19.3 Å². The van der Waals surface area contributed by atoms with Crippen LogP contribution in [0.2, 0.25) is 0 Å². The van der Waals surface area contributed by atoms with Gasteiger partial charge in [-0.25, -0.2) is 0 Å². The molecule has 1 aromatic carbocycles. The SMILES string of the molecule is Cc1ccc(C)c(CC(C)(O)CCC(C)(C)C)c1. The van der Waals surface area contributed by atoms with Gasteiger partial charge in [0.05, 0.1) is 5.60 Å². The van der Waals surface area contributed by atoms with Crippen LogP contribution in [0, 0.1) is 19.3 Å². The highest BCUT2D eigenvalue weighted by Gasteiger charge is 2.24. The molecule has 1 atom stereocenters. The lowest BCUT2D eigenvalue weighted by atomic mass is 9.82. The minimum absolute atomic E-state index is 0.283. The summed E-state index contributed by atoms with van der Waals surface area (Å²) in [7, 11) is 0. The fourth-order valence-electron chi connectivity index (χ4n) is 2.13. The molecule has 1 heteroatoms. The van der Waals surface area contributed by atoms with Crippen LogP contribution in [-0.4, -0.2) is 10.7 Å². The Morgan fingerprint density at radius 1 is 1.00 bits per heavy atom. The van der Waals surface area contributed by atoms with Crippen molar-refractivity contribution in [2.45, 2.75) is 66.4 Å². The molecular weight excluding hydrogens is 220 g/mol. The summed E-state index contributed by atoms with van der Waals surface area (Å²) in [6.45, 7) is 12.9. The largest absolute Gasteiger partial charge is 0.390 e. The van der Waals surface area contributed by atoms with Crippen molar-refractivity contribution >= 4 is 0 Å². The van der Waals surface area contributed by atoms with E-state index in [1.165, 1.54) is 16.7 Å². The molecule has 0 fully saturated rings. The Hall–Kier alpha value is -0.820. The zero-order valence-electron chi connectivity index (χ0n) is 12.8. The third-order valence-electron chi connectivity index (χ3n) is 3.49. The third-order valence-corrected chi connectivity index (χ3v) is 3.49. The van der Waals surface area contributed by atoms with Gasteiger partial charge in [0.25, 0.3) is 0 Å². The maximum Gasteiger partial charge on any atom is 0.0660 e. The summed E-state index contributed by atoms with van der Waals surface area (Å²) < 4.78 is 0. The summed E-state index contributed by atoms with van der Waals surface area (Å²) in [5.41, 5.74) is 3.49. The summed E-state index contributed by atoms with van der Waals surface area (Å²) in [6.07, 6.45) is 2.64. The molecule has 0 heterocycles. The van der Waals surface area contributed by atoms with E-state index in [2.05, 4.69) is 52.8 Å². The first-order valence-corrected chi connectivity index (χ1v) is 6.88. The van der Waals surface area contributed by atoms with E-state index < -0.39 is 5.60 Å². The predicted molar refractivity (Wildman–Crippen MR) is 78.9 cm³/mol. The number of benzene rings is 1. The van der Waals surface area contributed by atoms with E-state index >= 15 is 0 Å². The van der Waals surface area contributed by atoms with Crippen LogP contribution in [0.1, 0.15) is 57.2 Å². The van der Waals surface area contributed by atoms with Crippen LogP contribution in [-0.2, 0) is 6.42 Å². The van der Waals surface area contributed by atoms with Crippen molar-refractivity contribution in [3.05, 3.63) is 34.9 Å². The molecule has 0 saturated heterocycles. The summed E-state index contributed by atoms with van der Waals surface area (Å²) in [5.74, 6) is 0. The molecule has 0 aliphatic rings. The highest BCUT2D eigenvalue weighted by molar-refractivity contribution is 5.31. The quantitative estimate of drug-likeness (QED) is 0.836. The van der Waals surface area contributed by atoms with E-state index in [4.69, 9.17) is 0 Å². The first kappa shape index (κ1) is 15.2. The summed E-state index contributed by atoms with van der Waals surface area (Å²) in [6, 6.07) is 6.47. The van der Waals surface area contributed by atoms with Crippen LogP contribution >= 0.6 is 0 Å². The Balaban J connectivity index is 2.72. The van der Waals surface area contributed by atoms with Gasteiger partial charge < -0.3 is 5.11 Å². The standard InChI is InChI=1S/C17H28O/c1-13-7-8-14(2)15(11-13)12-17(6,18)10-9-16(3,4)5/h7-8,11,18H,9-10,12H2,1-6H3. The number of hydrogen-bond donors (Lipinski definition) is 1. The molecule has 0 radical (unpaired) electrons. The van der Waals surface area contributed by atoms with Crippen LogP contribution in [0.5, 0.6) is 0 Å². The van der Waals surface area contributed by atoms with E-state index in [-0.39, 0.29) is 5.41 Å². The molecule has 0 amide bonds. The van der Waals surface area contributed by atoms with Gasteiger partial charge in [0.2, 0.25) is 0 Å². The fraction of sp³-hybridized carbons (Fsp3) is 0.647. The molecular formula is C17H28O. The Labute approximate surface area is 112 Å². The van der Waals surface area contributed by atoms with Gasteiger partial charge in [-0.05, 0) is 50.2 Å². The molecule has 1 unspecified atom stereocenters. The molecule has 1 nitrogen and oxygen atoms in total. The molecule has 0 spiro atoms. The lowest BCUT2D eigenvalue weighted by molar-refractivity contribution is 0.0395. The first-order valence-electron chi connectivity index (χ1n) is 6.88. The minimum atomic E-state index is -0.605. The topological polar surface area (TPSA) is 20.2 Å². The van der Waals surface area contributed by atoms with Gasteiger partial charge in [0, 0.05) is 6.42 Å². The highest BCUT2D eigenvalue weighted by atomic mass is 16.3. The van der Waals surface area contributed by atoms with Gasteiger partial charge in [-0.15, -0.1) is 0 Å². The first-order chi connectivity index (χ1) is 8.09. The number of aryl methyl sites for hydroxylation is 2. The van der Waals surface area contributed by atoms with Gasteiger partial charge >= 0.3 is 0 Å². The van der Waals surface area contributed by atoms with E-state index in [1.807, 2.05) is 6.92 Å². The van der Waals surface area contributed by atoms with Crippen molar-refractivity contribution < 1.29 is 5.11 Å². The van der Waals surface area contributed by atoms with Crippen molar-refractivity contribution in [1.29, 1.82) is 0 Å². The Bertz CT molecular complexity index is 397. The van der Waals surface area contributed by atoms with Gasteiger partial charge in [-0.1, -0.05) is 44.5 Å². The van der Waals surface area contributed by atoms with Gasteiger partial charge in [-0.2, -0.15) is 0 Å². The maximum atomic E-state index is 10.5. The molecule has 102 valence electrons. The molecule has 0 bridgehead atoms. The van der Waals surface area contributed by atoms with Crippen LogP contribution in [0.25, 0.3) is 0 Å². The van der Waals surface area contributed by atoms with E-state index in [1.54, 1.807) is 0 Å². The van der Waals surface area contributed by atoms with E-state index in [9.17, 15) is 5.11 Å². The lowest BCUT2D eigenvalue weighted by Gasteiger charge is -2.28. The second kappa shape index (κ2) is 5.44. The number of hydrogen-bond acceptors (Lipinski definition) is 1. The lowest BCUT2D eigenvalue weighted by Crippen LogP contribution is -2.29. The molecule has 0 aromatic heterocycles. The molecule has 1 aromatic rings. The zero-order valence-corrected chi connectivity index (χ0v) is 12.8. The van der Waals surface area contributed by atoms with Gasteiger partial charge in [0.1, 0.15) is 0 Å². The van der Waals surface area contributed by atoms with Crippen molar-refractivity contribution in [1.82, 2.24) is 0 Å². The second-order valence-electron chi connectivity index (χ2n) is 7.16. The molecule has 0 aliphatic heterocycles. The second-order valence-corrected chi connectivity index (χ2v) is 7.16. The Morgan fingerprint density at radius 2 is 1.61 bits per heavy atom. The normalized spacial score (nSPS) is 15.5. The van der Waals surface area contributed by atoms with Gasteiger partial charge in [0.15, 0.2) is 0 Å². The summed E-state index contributed by atoms with van der Waals surface area (Å²) >= 11 is 0. The predicted octanol–water partition coefficient (Wildman–Crippen LogP) is 4.42. The van der Waals surface area contributed by atoms with Crippen molar-refractivity contribution in [2.75, 3.05) is 0 Å². The average Bonchev–Trinajstić information content (AvgIpc) is 2.20. The van der Waals surface area contributed by atoms with Crippen molar-refractivity contribution in [3.8, 4) is 0 Å². The maximum absolute atomic E-state index is 10.5.